The van der Waals surface area contributed by atoms with E-state index in [1.54, 1.807) is 0 Å². The molecule has 2 heteroatoms. The fraction of sp³-hybridized carbons (Fsp3) is 0.250. The van der Waals surface area contributed by atoms with E-state index in [4.69, 9.17) is 0 Å². The number of rotatable bonds is 3. The summed E-state index contributed by atoms with van der Waals surface area (Å²) in [5.41, 5.74) is 5.12. The normalized spacial score (nSPS) is 12.2. The molecule has 0 heterocycles. The van der Waals surface area contributed by atoms with Gasteiger partial charge in [0.2, 0.25) is 0 Å². The molecule has 0 spiro atoms. The Kier molecular flexibility index (Phi) is 4.07. The van der Waals surface area contributed by atoms with Crippen molar-refractivity contribution in [3.8, 4) is 0 Å². The third kappa shape index (κ3) is 2.94. The van der Waals surface area contributed by atoms with Crippen LogP contribution in [0.5, 0.6) is 0 Å². The summed E-state index contributed by atoms with van der Waals surface area (Å²) in [5.74, 6) is 0. The maximum Gasteiger partial charge on any atom is 0.0489 e. The Morgan fingerprint density at radius 1 is 1.00 bits per heavy atom. The Labute approximate surface area is 117 Å². The predicted octanol–water partition coefficient (Wildman–Crippen LogP) is 5.24. The van der Waals surface area contributed by atoms with Gasteiger partial charge in [-0.1, -0.05) is 30.3 Å². The van der Waals surface area contributed by atoms with Gasteiger partial charge >= 0.3 is 0 Å². The van der Waals surface area contributed by atoms with Gasteiger partial charge in [0.1, 0.15) is 0 Å². The maximum atomic E-state index is 3.56. The molecule has 0 aliphatic rings. The van der Waals surface area contributed by atoms with Gasteiger partial charge < -0.3 is 5.32 Å². The zero-order chi connectivity index (χ0) is 13.1. The molecule has 2 aromatic carbocycles. The Bertz CT molecular complexity index is 549. The molecule has 0 fully saturated rings. The number of anilines is 1. The molecule has 18 heavy (non-hydrogen) atoms. The highest BCUT2D eigenvalue weighted by Gasteiger charge is 2.07. The molecule has 2 rings (SSSR count). The quantitative estimate of drug-likeness (QED) is 0.817. The molecule has 0 saturated heterocycles. The molecular weight excluding hydrogens is 286 g/mol. The zero-order valence-corrected chi connectivity index (χ0v) is 12.6. The van der Waals surface area contributed by atoms with E-state index in [9.17, 15) is 0 Å². The second-order valence-electron chi connectivity index (χ2n) is 4.69. The summed E-state index contributed by atoms with van der Waals surface area (Å²) in [5, 5.41) is 3.53. The van der Waals surface area contributed by atoms with E-state index in [0.717, 1.165) is 10.2 Å². The van der Waals surface area contributed by atoms with Gasteiger partial charge in [0, 0.05) is 16.2 Å². The van der Waals surface area contributed by atoms with E-state index in [1.807, 2.05) is 12.1 Å². The van der Waals surface area contributed by atoms with Crippen molar-refractivity contribution in [2.45, 2.75) is 26.8 Å². The maximum absolute atomic E-state index is 3.56. The largest absolute Gasteiger partial charge is 0.378 e. The number of halogens is 1. The van der Waals surface area contributed by atoms with Crippen LogP contribution in [0.2, 0.25) is 0 Å². The minimum absolute atomic E-state index is 0.294. The Morgan fingerprint density at radius 3 is 2.39 bits per heavy atom. The molecule has 1 unspecified atom stereocenters. The molecule has 0 amide bonds. The number of hydrogen-bond acceptors (Lipinski definition) is 1. The lowest BCUT2D eigenvalue weighted by Crippen LogP contribution is -2.07. The number of hydrogen-bond donors (Lipinski definition) is 1. The van der Waals surface area contributed by atoms with E-state index < -0.39 is 0 Å². The van der Waals surface area contributed by atoms with E-state index >= 15 is 0 Å². The first-order valence-corrected chi connectivity index (χ1v) is 6.95. The highest BCUT2D eigenvalue weighted by atomic mass is 79.9. The van der Waals surface area contributed by atoms with Crippen molar-refractivity contribution in [1.29, 1.82) is 0 Å². The molecule has 1 nitrogen and oxygen atoms in total. The Balaban J connectivity index is 2.19. The number of nitrogens with one attached hydrogen (secondary N) is 1. The summed E-state index contributed by atoms with van der Waals surface area (Å²) in [7, 11) is 0. The number of para-hydroxylation sites is 1. The molecule has 0 aromatic heterocycles. The monoisotopic (exact) mass is 303 g/mol. The summed E-state index contributed by atoms with van der Waals surface area (Å²) >= 11 is 3.56. The summed E-state index contributed by atoms with van der Waals surface area (Å²) in [4.78, 5) is 0. The van der Waals surface area contributed by atoms with Gasteiger partial charge in [0.15, 0.2) is 0 Å². The van der Waals surface area contributed by atoms with Crippen LogP contribution in [0.15, 0.2) is 46.9 Å². The molecular formula is C16H18BrN. The molecule has 1 N–H and O–H groups in total. The second kappa shape index (κ2) is 5.57. The van der Waals surface area contributed by atoms with Crippen molar-refractivity contribution < 1.29 is 0 Å². The highest BCUT2D eigenvalue weighted by Crippen LogP contribution is 2.26. The average molecular weight is 304 g/mol. The van der Waals surface area contributed by atoms with Gasteiger partial charge in [-0.15, -0.1) is 0 Å². The molecule has 0 aliphatic heterocycles. The summed E-state index contributed by atoms with van der Waals surface area (Å²) < 4.78 is 1.10. The smallest absolute Gasteiger partial charge is 0.0489 e. The highest BCUT2D eigenvalue weighted by molar-refractivity contribution is 9.10. The summed E-state index contributed by atoms with van der Waals surface area (Å²) in [6.45, 7) is 6.48. The topological polar surface area (TPSA) is 12.0 Å². The standard InChI is InChI=1S/C16H18BrN/c1-11-8-9-14(10-12(11)2)13(3)18-16-7-5-4-6-15(16)17/h4-10,13,18H,1-3H3. The fourth-order valence-corrected chi connectivity index (χ4v) is 2.33. The van der Waals surface area contributed by atoms with Crippen LogP contribution in [0.3, 0.4) is 0 Å². The van der Waals surface area contributed by atoms with Crippen molar-refractivity contribution in [1.82, 2.24) is 0 Å². The lowest BCUT2D eigenvalue weighted by molar-refractivity contribution is 0.880. The molecule has 0 bridgehead atoms. The van der Waals surface area contributed by atoms with Crippen LogP contribution in [0.4, 0.5) is 5.69 Å². The SMILES string of the molecule is Cc1ccc(C(C)Nc2ccccc2Br)cc1C. The molecule has 0 radical (unpaired) electrons. The van der Waals surface area contributed by atoms with Gasteiger partial charge in [0.05, 0.1) is 0 Å². The van der Waals surface area contributed by atoms with E-state index in [1.165, 1.54) is 16.7 Å². The first-order chi connectivity index (χ1) is 8.58. The molecule has 1 atom stereocenters. The van der Waals surface area contributed by atoms with Crippen molar-refractivity contribution in [2.75, 3.05) is 5.32 Å². The first kappa shape index (κ1) is 13.2. The molecule has 94 valence electrons. The van der Waals surface area contributed by atoms with E-state index in [0.29, 0.717) is 6.04 Å². The van der Waals surface area contributed by atoms with Crippen LogP contribution in [-0.2, 0) is 0 Å². The molecule has 0 saturated carbocycles. The number of benzene rings is 2. The average Bonchev–Trinajstić information content (AvgIpc) is 2.35. The Morgan fingerprint density at radius 2 is 1.72 bits per heavy atom. The fourth-order valence-electron chi connectivity index (χ4n) is 1.93. The van der Waals surface area contributed by atoms with Crippen LogP contribution in [0.25, 0.3) is 0 Å². The van der Waals surface area contributed by atoms with Crippen molar-refractivity contribution in [3.05, 3.63) is 63.6 Å². The molecule has 2 aromatic rings. The second-order valence-corrected chi connectivity index (χ2v) is 5.54. The summed E-state index contributed by atoms with van der Waals surface area (Å²) in [6.07, 6.45) is 0. The van der Waals surface area contributed by atoms with E-state index in [-0.39, 0.29) is 0 Å². The van der Waals surface area contributed by atoms with Crippen molar-refractivity contribution in [3.63, 3.8) is 0 Å². The Hall–Kier alpha value is -1.28. The van der Waals surface area contributed by atoms with Gasteiger partial charge in [-0.25, -0.2) is 0 Å². The molecule has 0 aliphatic carbocycles. The third-order valence-corrected chi connectivity index (χ3v) is 3.97. The first-order valence-electron chi connectivity index (χ1n) is 6.16. The van der Waals surface area contributed by atoms with Gasteiger partial charge in [-0.05, 0) is 65.5 Å². The van der Waals surface area contributed by atoms with E-state index in [2.05, 4.69) is 72.3 Å². The van der Waals surface area contributed by atoms with Crippen molar-refractivity contribution in [2.24, 2.45) is 0 Å². The van der Waals surface area contributed by atoms with Crippen LogP contribution >= 0.6 is 15.9 Å². The predicted molar refractivity (Wildman–Crippen MR) is 82.1 cm³/mol. The van der Waals surface area contributed by atoms with Gasteiger partial charge in [-0.3, -0.25) is 0 Å². The lowest BCUT2D eigenvalue weighted by Gasteiger charge is -2.18. The van der Waals surface area contributed by atoms with Gasteiger partial charge in [-0.2, -0.15) is 0 Å². The number of aryl methyl sites for hydroxylation is 2. The van der Waals surface area contributed by atoms with Crippen LogP contribution in [0, 0.1) is 13.8 Å². The van der Waals surface area contributed by atoms with Crippen LogP contribution in [0.1, 0.15) is 29.7 Å². The zero-order valence-electron chi connectivity index (χ0n) is 11.0. The van der Waals surface area contributed by atoms with Crippen molar-refractivity contribution >= 4 is 21.6 Å². The van der Waals surface area contributed by atoms with Crippen LogP contribution < -0.4 is 5.32 Å². The van der Waals surface area contributed by atoms with Crippen LogP contribution in [-0.4, -0.2) is 0 Å². The summed E-state index contributed by atoms with van der Waals surface area (Å²) in [6, 6.07) is 15.1. The van der Waals surface area contributed by atoms with Gasteiger partial charge in [0.25, 0.3) is 0 Å². The lowest BCUT2D eigenvalue weighted by atomic mass is 10.0. The third-order valence-electron chi connectivity index (χ3n) is 3.28. The minimum atomic E-state index is 0.294. The minimum Gasteiger partial charge on any atom is -0.378 e.